The van der Waals surface area contributed by atoms with Crippen molar-refractivity contribution >= 4 is 23.2 Å². The van der Waals surface area contributed by atoms with E-state index in [0.717, 1.165) is 42.4 Å². The normalized spacial score (nSPS) is 17.8. The summed E-state index contributed by atoms with van der Waals surface area (Å²) in [5.41, 5.74) is 3.78. The molecule has 1 heterocycles. The van der Waals surface area contributed by atoms with E-state index in [2.05, 4.69) is 17.0 Å². The molecule has 0 radical (unpaired) electrons. The smallest absolute Gasteiger partial charge is 0.263 e. The summed E-state index contributed by atoms with van der Waals surface area (Å²) in [5, 5.41) is 0.740. The molecule has 0 bridgehead atoms. The van der Waals surface area contributed by atoms with Crippen LogP contribution < -0.4 is 9.64 Å². The minimum absolute atomic E-state index is 0.0687. The maximum absolute atomic E-state index is 12.9. The van der Waals surface area contributed by atoms with Crippen molar-refractivity contribution in [2.45, 2.75) is 38.7 Å². The molecule has 2 aromatic carbocycles. The second-order valence-electron chi connectivity index (χ2n) is 7.65. The van der Waals surface area contributed by atoms with Crippen molar-refractivity contribution in [1.29, 1.82) is 0 Å². The Morgan fingerprint density at radius 3 is 2.57 bits per heavy atom. The molecule has 4 nitrogen and oxygen atoms in total. The van der Waals surface area contributed by atoms with Crippen LogP contribution in [0.15, 0.2) is 42.5 Å². The Labute approximate surface area is 172 Å². The van der Waals surface area contributed by atoms with E-state index in [9.17, 15) is 4.79 Å². The van der Waals surface area contributed by atoms with Crippen LogP contribution in [-0.2, 0) is 17.6 Å². The Morgan fingerprint density at radius 1 is 1.04 bits per heavy atom. The Hall–Kier alpha value is -2.20. The van der Waals surface area contributed by atoms with E-state index in [4.69, 9.17) is 16.3 Å². The second kappa shape index (κ2) is 8.44. The van der Waals surface area contributed by atoms with Crippen molar-refractivity contribution in [2.24, 2.45) is 0 Å². The van der Waals surface area contributed by atoms with Crippen LogP contribution in [0.2, 0.25) is 5.02 Å². The molecule has 1 atom stereocenters. The maximum atomic E-state index is 12.9. The molecule has 0 saturated carbocycles. The van der Waals surface area contributed by atoms with E-state index in [0.29, 0.717) is 13.1 Å². The molecule has 4 rings (SSSR count). The van der Waals surface area contributed by atoms with E-state index in [1.165, 1.54) is 24.0 Å². The van der Waals surface area contributed by atoms with Gasteiger partial charge in [-0.15, -0.1) is 0 Å². The lowest BCUT2D eigenvalue weighted by atomic mass is 9.91. The number of anilines is 1. The molecule has 0 aromatic heterocycles. The quantitative estimate of drug-likeness (QED) is 0.768. The zero-order valence-electron chi connectivity index (χ0n) is 16.4. The van der Waals surface area contributed by atoms with Gasteiger partial charge in [-0.1, -0.05) is 29.8 Å². The molecule has 0 N–H and O–H groups in total. The van der Waals surface area contributed by atoms with Gasteiger partial charge in [0.05, 0.1) is 0 Å². The van der Waals surface area contributed by atoms with Gasteiger partial charge in [-0.25, -0.2) is 0 Å². The van der Waals surface area contributed by atoms with E-state index in [-0.39, 0.29) is 5.91 Å². The number of hydrogen-bond donors (Lipinski definition) is 0. The molecule has 0 unspecified atom stereocenters. The predicted molar refractivity (Wildman–Crippen MR) is 113 cm³/mol. The summed E-state index contributed by atoms with van der Waals surface area (Å²) in [6.07, 6.45) is 4.12. The summed E-state index contributed by atoms with van der Waals surface area (Å²) in [5.74, 6) is 0.953. The number of rotatable bonds is 4. The standard InChI is InChI=1S/C23H27ClN2O2/c1-17(28-22-11-4-7-18-6-2-3-10-21(18)22)23(27)26-14-12-25(13-15-26)20-9-5-8-19(24)16-20/h4-5,7-9,11,16-17H,2-3,6,10,12-15H2,1H3/t17-/m1/s1. The number of benzene rings is 2. The van der Waals surface area contributed by atoms with Gasteiger partial charge in [-0.3, -0.25) is 4.79 Å². The van der Waals surface area contributed by atoms with Crippen molar-refractivity contribution in [3.8, 4) is 5.75 Å². The van der Waals surface area contributed by atoms with Gasteiger partial charge < -0.3 is 14.5 Å². The SMILES string of the molecule is C[C@@H](Oc1cccc2c1CCCC2)C(=O)N1CCN(c2cccc(Cl)c2)CC1. The highest BCUT2D eigenvalue weighted by molar-refractivity contribution is 6.30. The minimum Gasteiger partial charge on any atom is -0.481 e. The number of carbonyl (C=O) groups is 1. The van der Waals surface area contributed by atoms with Gasteiger partial charge in [0, 0.05) is 36.9 Å². The molecule has 28 heavy (non-hydrogen) atoms. The average molecular weight is 399 g/mol. The van der Waals surface area contributed by atoms with Crippen LogP contribution in [0.3, 0.4) is 0 Å². The van der Waals surface area contributed by atoms with Gasteiger partial charge in [0.25, 0.3) is 5.91 Å². The van der Waals surface area contributed by atoms with Crippen molar-refractivity contribution in [2.75, 3.05) is 31.1 Å². The van der Waals surface area contributed by atoms with Crippen LogP contribution in [0.4, 0.5) is 5.69 Å². The Bertz CT molecular complexity index is 846. The van der Waals surface area contributed by atoms with Gasteiger partial charge in [0.15, 0.2) is 6.10 Å². The summed E-state index contributed by atoms with van der Waals surface area (Å²) >= 11 is 6.10. The largest absolute Gasteiger partial charge is 0.481 e. The van der Waals surface area contributed by atoms with Crippen molar-refractivity contribution in [1.82, 2.24) is 4.90 Å². The van der Waals surface area contributed by atoms with Crippen LogP contribution in [0.1, 0.15) is 30.9 Å². The molecule has 1 amide bonds. The van der Waals surface area contributed by atoms with Gasteiger partial charge in [0.2, 0.25) is 0 Å². The molecule has 1 fully saturated rings. The third-order valence-electron chi connectivity index (χ3n) is 5.77. The number of nitrogens with zero attached hydrogens (tertiary/aromatic N) is 2. The number of hydrogen-bond acceptors (Lipinski definition) is 3. The van der Waals surface area contributed by atoms with Gasteiger partial charge in [0.1, 0.15) is 5.75 Å². The fraction of sp³-hybridized carbons (Fsp3) is 0.435. The van der Waals surface area contributed by atoms with Crippen LogP contribution >= 0.6 is 11.6 Å². The van der Waals surface area contributed by atoms with E-state index < -0.39 is 6.10 Å². The minimum atomic E-state index is -0.467. The molecule has 5 heteroatoms. The summed E-state index contributed by atoms with van der Waals surface area (Å²) < 4.78 is 6.13. The van der Waals surface area contributed by atoms with Crippen LogP contribution in [0, 0.1) is 0 Å². The summed E-state index contributed by atoms with van der Waals surface area (Å²) in [6.45, 7) is 4.88. The van der Waals surface area contributed by atoms with Gasteiger partial charge >= 0.3 is 0 Å². The number of fused-ring (bicyclic) bond motifs is 1. The monoisotopic (exact) mass is 398 g/mol. The van der Waals surface area contributed by atoms with E-state index in [1.54, 1.807) is 0 Å². The molecular formula is C23H27ClN2O2. The molecule has 1 aliphatic carbocycles. The first kappa shape index (κ1) is 19.1. The van der Waals surface area contributed by atoms with E-state index >= 15 is 0 Å². The lowest BCUT2D eigenvalue weighted by molar-refractivity contribution is -0.138. The fourth-order valence-corrected chi connectivity index (χ4v) is 4.40. The Kier molecular flexibility index (Phi) is 5.77. The first-order valence-electron chi connectivity index (χ1n) is 10.2. The maximum Gasteiger partial charge on any atom is 0.263 e. The van der Waals surface area contributed by atoms with Gasteiger partial charge in [-0.2, -0.15) is 0 Å². The Balaban J connectivity index is 1.36. The number of aryl methyl sites for hydroxylation is 1. The molecule has 1 saturated heterocycles. The van der Waals surface area contributed by atoms with Crippen LogP contribution in [0.25, 0.3) is 0 Å². The number of ether oxygens (including phenoxy) is 1. The topological polar surface area (TPSA) is 32.8 Å². The van der Waals surface area contributed by atoms with Gasteiger partial charge in [-0.05, 0) is 68.0 Å². The van der Waals surface area contributed by atoms with Crippen molar-refractivity contribution < 1.29 is 9.53 Å². The molecule has 148 valence electrons. The first-order valence-corrected chi connectivity index (χ1v) is 10.6. The number of piperazine rings is 1. The predicted octanol–water partition coefficient (Wildman–Crippen LogP) is 4.33. The summed E-state index contributed by atoms with van der Waals surface area (Å²) in [7, 11) is 0. The molecule has 1 aliphatic heterocycles. The highest BCUT2D eigenvalue weighted by Gasteiger charge is 2.27. The molecule has 2 aliphatic rings. The zero-order chi connectivity index (χ0) is 19.5. The fourth-order valence-electron chi connectivity index (χ4n) is 4.21. The highest BCUT2D eigenvalue weighted by Crippen LogP contribution is 2.30. The number of carbonyl (C=O) groups excluding carboxylic acids is 1. The molecular weight excluding hydrogens is 372 g/mol. The zero-order valence-corrected chi connectivity index (χ0v) is 17.1. The summed E-state index contributed by atoms with van der Waals surface area (Å²) in [4.78, 5) is 17.1. The number of halogens is 1. The lowest BCUT2D eigenvalue weighted by Gasteiger charge is -2.37. The van der Waals surface area contributed by atoms with Crippen LogP contribution in [-0.4, -0.2) is 43.1 Å². The third-order valence-corrected chi connectivity index (χ3v) is 6.00. The third kappa shape index (κ3) is 4.12. The second-order valence-corrected chi connectivity index (χ2v) is 8.09. The first-order chi connectivity index (χ1) is 13.6. The lowest BCUT2D eigenvalue weighted by Crippen LogP contribution is -2.52. The summed E-state index contributed by atoms with van der Waals surface area (Å²) in [6, 6.07) is 14.1. The van der Waals surface area contributed by atoms with Crippen LogP contribution in [0.5, 0.6) is 5.75 Å². The van der Waals surface area contributed by atoms with Crippen molar-refractivity contribution in [3.63, 3.8) is 0 Å². The molecule has 2 aromatic rings. The number of amides is 1. The average Bonchev–Trinajstić information content (AvgIpc) is 2.73. The van der Waals surface area contributed by atoms with Crippen molar-refractivity contribution in [3.05, 3.63) is 58.6 Å². The Morgan fingerprint density at radius 2 is 1.79 bits per heavy atom. The molecule has 0 spiro atoms. The highest BCUT2D eigenvalue weighted by atomic mass is 35.5. The van der Waals surface area contributed by atoms with E-state index in [1.807, 2.05) is 42.2 Å².